The molecule has 7 heteroatoms. The number of methoxy groups -OCH3 is 1. The van der Waals surface area contributed by atoms with Crippen LogP contribution in [0.15, 0.2) is 48.4 Å². The Morgan fingerprint density at radius 2 is 2.07 bits per heavy atom. The summed E-state index contributed by atoms with van der Waals surface area (Å²) in [6, 6.07) is 9.20. The Bertz CT molecular complexity index is 997. The Kier molecular flexibility index (Phi) is 6.06. The zero-order valence-corrected chi connectivity index (χ0v) is 16.5. The van der Waals surface area contributed by atoms with E-state index in [4.69, 9.17) is 14.8 Å². The SMILES string of the molecule is C=CCc1c(C)nc(-c2cc(OC)cs2)nc1Nc1ccc(CC(=O)O)cc1. The van der Waals surface area contributed by atoms with Gasteiger partial charge in [0.15, 0.2) is 5.82 Å². The second-order valence-corrected chi connectivity index (χ2v) is 7.11. The number of nitrogens with one attached hydrogen (secondary N) is 1. The number of carbonyl (C=O) groups is 1. The Hall–Kier alpha value is -3.19. The zero-order chi connectivity index (χ0) is 20.1. The number of rotatable bonds is 8. The number of aliphatic carboxylic acids is 1. The number of thiophene rings is 1. The second-order valence-electron chi connectivity index (χ2n) is 6.20. The van der Waals surface area contributed by atoms with E-state index in [9.17, 15) is 4.79 Å². The molecular weight excluding hydrogens is 374 g/mol. The molecule has 0 aliphatic rings. The van der Waals surface area contributed by atoms with E-state index in [2.05, 4.69) is 16.9 Å². The van der Waals surface area contributed by atoms with E-state index in [1.807, 2.05) is 36.6 Å². The lowest BCUT2D eigenvalue weighted by atomic mass is 10.1. The molecule has 28 heavy (non-hydrogen) atoms. The number of nitrogens with zero attached hydrogens (tertiary/aromatic N) is 2. The molecule has 6 nitrogen and oxygen atoms in total. The van der Waals surface area contributed by atoms with E-state index >= 15 is 0 Å². The number of hydrogen-bond acceptors (Lipinski definition) is 6. The van der Waals surface area contributed by atoms with Gasteiger partial charge in [-0.3, -0.25) is 4.79 Å². The second kappa shape index (κ2) is 8.67. The monoisotopic (exact) mass is 395 g/mol. The smallest absolute Gasteiger partial charge is 0.307 e. The Labute approximate surface area is 167 Å². The lowest BCUT2D eigenvalue weighted by Gasteiger charge is -2.14. The summed E-state index contributed by atoms with van der Waals surface area (Å²) in [4.78, 5) is 21.1. The molecule has 0 radical (unpaired) electrons. The minimum absolute atomic E-state index is 0.00102. The maximum Gasteiger partial charge on any atom is 0.307 e. The summed E-state index contributed by atoms with van der Waals surface area (Å²) in [5.41, 5.74) is 3.42. The molecule has 2 heterocycles. The molecule has 0 spiro atoms. The number of ether oxygens (including phenoxy) is 1. The Balaban J connectivity index is 1.95. The summed E-state index contributed by atoms with van der Waals surface area (Å²) in [6.07, 6.45) is 2.46. The first-order valence-electron chi connectivity index (χ1n) is 8.69. The summed E-state index contributed by atoms with van der Waals surface area (Å²) in [7, 11) is 1.63. The van der Waals surface area contributed by atoms with E-state index in [0.717, 1.165) is 33.1 Å². The summed E-state index contributed by atoms with van der Waals surface area (Å²) < 4.78 is 5.26. The van der Waals surface area contributed by atoms with Crippen LogP contribution < -0.4 is 10.1 Å². The van der Waals surface area contributed by atoms with Crippen LogP contribution in [0.3, 0.4) is 0 Å². The van der Waals surface area contributed by atoms with Crippen molar-refractivity contribution < 1.29 is 14.6 Å². The quantitative estimate of drug-likeness (QED) is 0.541. The minimum Gasteiger partial charge on any atom is -0.496 e. The van der Waals surface area contributed by atoms with E-state index in [-0.39, 0.29) is 6.42 Å². The summed E-state index contributed by atoms with van der Waals surface area (Å²) in [5, 5.41) is 14.2. The van der Waals surface area contributed by atoms with Crippen LogP contribution in [-0.2, 0) is 17.6 Å². The van der Waals surface area contributed by atoms with Gasteiger partial charge >= 0.3 is 5.97 Å². The van der Waals surface area contributed by atoms with Crippen LogP contribution >= 0.6 is 11.3 Å². The maximum absolute atomic E-state index is 10.8. The highest BCUT2D eigenvalue weighted by molar-refractivity contribution is 7.13. The average molecular weight is 395 g/mol. The van der Waals surface area contributed by atoms with Crippen molar-refractivity contribution in [2.75, 3.05) is 12.4 Å². The number of anilines is 2. The van der Waals surface area contributed by atoms with Gasteiger partial charge in [-0.05, 0) is 31.0 Å². The van der Waals surface area contributed by atoms with Crippen LogP contribution in [0.1, 0.15) is 16.8 Å². The maximum atomic E-state index is 10.8. The van der Waals surface area contributed by atoms with Crippen molar-refractivity contribution in [1.82, 2.24) is 9.97 Å². The van der Waals surface area contributed by atoms with E-state index < -0.39 is 5.97 Å². The highest BCUT2D eigenvalue weighted by Crippen LogP contribution is 2.31. The fraction of sp³-hybridized carbons (Fsp3) is 0.190. The molecule has 0 saturated carbocycles. The van der Waals surface area contributed by atoms with Gasteiger partial charge in [0.1, 0.15) is 11.6 Å². The number of carboxylic acids is 1. The average Bonchev–Trinajstić information content (AvgIpc) is 3.15. The van der Waals surface area contributed by atoms with Gasteiger partial charge in [0.25, 0.3) is 0 Å². The van der Waals surface area contributed by atoms with Gasteiger partial charge in [0.2, 0.25) is 0 Å². The molecular formula is C21H21N3O3S. The lowest BCUT2D eigenvalue weighted by molar-refractivity contribution is -0.136. The summed E-state index contributed by atoms with van der Waals surface area (Å²) in [5.74, 6) is 1.26. The highest BCUT2D eigenvalue weighted by Gasteiger charge is 2.14. The molecule has 0 atom stereocenters. The molecule has 0 amide bonds. The summed E-state index contributed by atoms with van der Waals surface area (Å²) >= 11 is 1.52. The zero-order valence-electron chi connectivity index (χ0n) is 15.7. The molecule has 0 aliphatic carbocycles. The van der Waals surface area contributed by atoms with Gasteiger partial charge in [-0.1, -0.05) is 18.2 Å². The number of carboxylic acid groups (broad SMARTS) is 1. The normalized spacial score (nSPS) is 10.5. The molecule has 1 aromatic carbocycles. The molecule has 2 aromatic heterocycles. The van der Waals surface area contributed by atoms with Gasteiger partial charge in [-0.2, -0.15) is 0 Å². The van der Waals surface area contributed by atoms with E-state index in [1.165, 1.54) is 11.3 Å². The number of allylic oxidation sites excluding steroid dienone is 1. The first-order chi connectivity index (χ1) is 13.5. The Morgan fingerprint density at radius 1 is 1.32 bits per heavy atom. The highest BCUT2D eigenvalue weighted by atomic mass is 32.1. The first-order valence-corrected chi connectivity index (χ1v) is 9.57. The summed E-state index contributed by atoms with van der Waals surface area (Å²) in [6.45, 7) is 5.78. The molecule has 3 rings (SSSR count). The predicted molar refractivity (Wildman–Crippen MR) is 112 cm³/mol. The molecule has 3 aromatic rings. The first kappa shape index (κ1) is 19.6. The fourth-order valence-electron chi connectivity index (χ4n) is 2.76. The third-order valence-corrected chi connectivity index (χ3v) is 5.07. The van der Waals surface area contributed by atoms with Crippen molar-refractivity contribution in [3.05, 3.63) is 65.2 Å². The van der Waals surface area contributed by atoms with Crippen LogP contribution in [0.5, 0.6) is 5.75 Å². The molecule has 144 valence electrons. The van der Waals surface area contributed by atoms with Gasteiger partial charge in [-0.15, -0.1) is 17.9 Å². The van der Waals surface area contributed by atoms with E-state index in [0.29, 0.717) is 18.1 Å². The molecule has 0 bridgehead atoms. The van der Waals surface area contributed by atoms with Crippen molar-refractivity contribution in [3.8, 4) is 16.5 Å². The topological polar surface area (TPSA) is 84.3 Å². The van der Waals surface area contributed by atoms with Crippen LogP contribution in [0.25, 0.3) is 10.7 Å². The van der Waals surface area contributed by atoms with Crippen LogP contribution in [0, 0.1) is 6.92 Å². The van der Waals surface area contributed by atoms with Crippen LogP contribution in [0.4, 0.5) is 11.5 Å². The lowest BCUT2D eigenvalue weighted by Crippen LogP contribution is -2.05. The third-order valence-electron chi connectivity index (χ3n) is 4.17. The van der Waals surface area contributed by atoms with Gasteiger partial charge in [0.05, 0.1) is 18.4 Å². The minimum atomic E-state index is -0.851. The van der Waals surface area contributed by atoms with E-state index in [1.54, 1.807) is 19.2 Å². The predicted octanol–water partition coefficient (Wildman–Crippen LogP) is 4.62. The number of benzene rings is 1. The Morgan fingerprint density at radius 3 is 2.68 bits per heavy atom. The van der Waals surface area contributed by atoms with Gasteiger partial charge < -0.3 is 15.2 Å². The molecule has 0 saturated heterocycles. The number of aryl methyl sites for hydroxylation is 1. The molecule has 0 aliphatic heterocycles. The number of aromatic nitrogens is 2. The number of hydrogen-bond donors (Lipinski definition) is 2. The van der Waals surface area contributed by atoms with Crippen LogP contribution in [-0.4, -0.2) is 28.2 Å². The van der Waals surface area contributed by atoms with Crippen molar-refractivity contribution in [2.45, 2.75) is 19.8 Å². The van der Waals surface area contributed by atoms with Crippen molar-refractivity contribution in [2.24, 2.45) is 0 Å². The van der Waals surface area contributed by atoms with Crippen molar-refractivity contribution in [1.29, 1.82) is 0 Å². The van der Waals surface area contributed by atoms with Crippen molar-refractivity contribution >= 4 is 28.8 Å². The standard InChI is InChI=1S/C21H21N3O3S/c1-4-5-17-13(2)22-21(18-11-16(27-3)12-28-18)24-20(17)23-15-8-6-14(7-9-15)10-19(25)26/h4,6-9,11-12H,1,5,10H2,2-3H3,(H,25,26)(H,22,23,24). The largest absolute Gasteiger partial charge is 0.496 e. The molecule has 2 N–H and O–H groups in total. The van der Waals surface area contributed by atoms with Gasteiger partial charge in [0, 0.05) is 28.4 Å². The molecule has 0 unspecified atom stereocenters. The fourth-order valence-corrected chi connectivity index (χ4v) is 3.55. The van der Waals surface area contributed by atoms with Crippen LogP contribution in [0.2, 0.25) is 0 Å². The van der Waals surface area contributed by atoms with Crippen molar-refractivity contribution in [3.63, 3.8) is 0 Å². The van der Waals surface area contributed by atoms with Gasteiger partial charge in [-0.25, -0.2) is 9.97 Å². The third kappa shape index (κ3) is 4.55. The molecule has 0 fully saturated rings.